The highest BCUT2D eigenvalue weighted by molar-refractivity contribution is 9.10. The van der Waals surface area contributed by atoms with Gasteiger partial charge in [0.2, 0.25) is 0 Å². The number of hydrogen-bond donors (Lipinski definition) is 0. The molecule has 0 saturated carbocycles. The van der Waals surface area contributed by atoms with Crippen molar-refractivity contribution in [3.63, 3.8) is 0 Å². The van der Waals surface area contributed by atoms with Gasteiger partial charge in [-0.15, -0.1) is 0 Å². The van der Waals surface area contributed by atoms with Crippen LogP contribution in [0.25, 0.3) is 11.8 Å². The summed E-state index contributed by atoms with van der Waals surface area (Å²) in [6, 6.07) is 19.7. The summed E-state index contributed by atoms with van der Waals surface area (Å²) in [5.41, 5.74) is 2.72. The van der Waals surface area contributed by atoms with Crippen molar-refractivity contribution in [1.29, 1.82) is 0 Å². The molecule has 46 heavy (non-hydrogen) atoms. The lowest BCUT2D eigenvalue weighted by molar-refractivity contribution is -0.138. The lowest BCUT2D eigenvalue weighted by Crippen LogP contribution is -2.40. The molecule has 234 valence electrons. The zero-order valence-electron chi connectivity index (χ0n) is 25.4. The minimum Gasteiger partial charge on any atom is -0.491 e. The summed E-state index contributed by atoms with van der Waals surface area (Å²) in [4.78, 5) is 42.0. The molecule has 0 bridgehead atoms. The fourth-order valence-electron chi connectivity index (χ4n) is 4.95. The number of benzene rings is 2. The van der Waals surface area contributed by atoms with Crippen molar-refractivity contribution in [1.82, 2.24) is 14.5 Å². The van der Waals surface area contributed by atoms with Gasteiger partial charge < -0.3 is 13.9 Å². The average molecular weight is 718 g/mol. The summed E-state index contributed by atoms with van der Waals surface area (Å²) in [7, 11) is 0. The molecule has 0 N–H and O–H groups in total. The van der Waals surface area contributed by atoms with Gasteiger partial charge in [0.05, 0.1) is 39.0 Å². The number of thiazole rings is 1. The number of rotatable bonds is 9. The monoisotopic (exact) mass is 716 g/mol. The van der Waals surface area contributed by atoms with Gasteiger partial charge in [-0.05, 0) is 85.2 Å². The predicted octanol–water partition coefficient (Wildman–Crippen LogP) is 6.33. The predicted molar refractivity (Wildman–Crippen MR) is 181 cm³/mol. The summed E-state index contributed by atoms with van der Waals surface area (Å²) in [6.45, 7) is 7.72. The standard InChI is InChI=1S/C34H29BrN4O5S2/c1-5-42-31(41)27-28(21-9-7-6-8-10-21)38-34-39(29(27)22-11-13-23(14-12-22)43-19(2)3)30(40)26(45-34)18-24-17-25(35)32(44-24)46-33-36-16-15-20(4)37-33/h6-19,29H,5H2,1-4H3/b26-18-/t29-/m1/s1. The summed E-state index contributed by atoms with van der Waals surface area (Å²) in [5.74, 6) is 0.609. The smallest absolute Gasteiger partial charge is 0.338 e. The molecule has 1 aliphatic rings. The van der Waals surface area contributed by atoms with Gasteiger partial charge in [0.1, 0.15) is 11.5 Å². The molecular formula is C34H29BrN4O5S2. The molecule has 9 nitrogen and oxygen atoms in total. The van der Waals surface area contributed by atoms with Crippen LogP contribution in [-0.2, 0) is 9.53 Å². The number of fused-ring (bicyclic) bond motifs is 1. The fourth-order valence-corrected chi connectivity index (χ4v) is 7.25. The summed E-state index contributed by atoms with van der Waals surface area (Å²) >= 11 is 6.06. The zero-order chi connectivity index (χ0) is 32.4. The number of nitrogens with zero attached hydrogens (tertiary/aromatic N) is 4. The third-order valence-electron chi connectivity index (χ3n) is 6.85. The van der Waals surface area contributed by atoms with E-state index >= 15 is 0 Å². The summed E-state index contributed by atoms with van der Waals surface area (Å²) < 4.78 is 20.2. The summed E-state index contributed by atoms with van der Waals surface area (Å²) in [5, 5.41) is 1.10. The third-order valence-corrected chi connectivity index (χ3v) is 9.55. The zero-order valence-corrected chi connectivity index (χ0v) is 28.6. The number of ether oxygens (including phenoxy) is 2. The molecule has 2 aromatic carbocycles. The Bertz CT molecular complexity index is 2120. The van der Waals surface area contributed by atoms with Gasteiger partial charge in [0.25, 0.3) is 5.56 Å². The molecule has 12 heteroatoms. The van der Waals surface area contributed by atoms with E-state index in [-0.39, 0.29) is 23.8 Å². The first-order valence-corrected chi connectivity index (χ1v) is 17.0. The molecule has 0 saturated heterocycles. The van der Waals surface area contributed by atoms with E-state index in [9.17, 15) is 9.59 Å². The normalized spacial score (nSPS) is 14.7. The van der Waals surface area contributed by atoms with Crippen LogP contribution < -0.4 is 19.6 Å². The molecule has 0 spiro atoms. The van der Waals surface area contributed by atoms with Crippen LogP contribution in [-0.4, -0.2) is 33.2 Å². The van der Waals surface area contributed by atoms with Crippen molar-refractivity contribution in [3.8, 4) is 5.75 Å². The first-order chi connectivity index (χ1) is 22.2. The highest BCUT2D eigenvalue weighted by Crippen LogP contribution is 2.37. The number of carbonyl (C=O) groups is 1. The molecule has 4 heterocycles. The van der Waals surface area contributed by atoms with Gasteiger partial charge in [-0.1, -0.05) is 53.8 Å². The van der Waals surface area contributed by atoms with Crippen LogP contribution in [0.15, 0.2) is 107 Å². The Labute approximate surface area is 281 Å². The van der Waals surface area contributed by atoms with E-state index in [0.29, 0.717) is 46.8 Å². The molecule has 3 aromatic heterocycles. The van der Waals surface area contributed by atoms with Crippen molar-refractivity contribution in [2.75, 3.05) is 6.61 Å². The molecule has 1 atom stereocenters. The molecule has 0 radical (unpaired) electrons. The SMILES string of the molecule is CCOC(=O)C1=C(c2ccccc2)N=c2s/c(=C\c3cc(Br)c(Sc4nccc(C)n4)o3)c(=O)n2[C@@H]1c1ccc(OC(C)C)cc1. The van der Waals surface area contributed by atoms with E-state index in [0.717, 1.165) is 11.3 Å². The molecule has 1 aliphatic heterocycles. The number of esters is 1. The van der Waals surface area contributed by atoms with Gasteiger partial charge in [0, 0.05) is 23.5 Å². The Morgan fingerprint density at radius 1 is 1.15 bits per heavy atom. The number of hydrogen-bond acceptors (Lipinski definition) is 10. The Kier molecular flexibility index (Phi) is 9.39. The van der Waals surface area contributed by atoms with Crippen LogP contribution in [0.5, 0.6) is 5.75 Å². The number of furan rings is 1. The summed E-state index contributed by atoms with van der Waals surface area (Å²) in [6.07, 6.45) is 3.37. The fraction of sp³-hybridized carbons (Fsp3) is 0.206. The molecule has 0 fully saturated rings. The van der Waals surface area contributed by atoms with E-state index in [4.69, 9.17) is 18.9 Å². The first-order valence-electron chi connectivity index (χ1n) is 14.5. The average Bonchev–Trinajstić information content (AvgIpc) is 3.54. The van der Waals surface area contributed by atoms with Gasteiger partial charge in [-0.3, -0.25) is 9.36 Å². The van der Waals surface area contributed by atoms with Crippen molar-refractivity contribution < 1.29 is 18.7 Å². The molecule has 0 aliphatic carbocycles. The largest absolute Gasteiger partial charge is 0.491 e. The maximum absolute atomic E-state index is 14.2. The van der Waals surface area contributed by atoms with Crippen molar-refractivity contribution in [2.24, 2.45) is 4.99 Å². The number of aryl methyl sites for hydroxylation is 1. The third kappa shape index (κ3) is 6.64. The number of carbonyl (C=O) groups excluding carboxylic acids is 1. The van der Waals surface area contributed by atoms with Crippen LogP contribution in [0, 0.1) is 6.92 Å². The van der Waals surface area contributed by atoms with Gasteiger partial charge in [-0.2, -0.15) is 0 Å². The lowest BCUT2D eigenvalue weighted by Gasteiger charge is -2.26. The van der Waals surface area contributed by atoms with E-state index in [1.165, 1.54) is 23.1 Å². The Hall–Kier alpha value is -4.26. The van der Waals surface area contributed by atoms with E-state index < -0.39 is 12.0 Å². The molecule has 5 aromatic rings. The highest BCUT2D eigenvalue weighted by Gasteiger charge is 2.35. The number of aromatic nitrogens is 3. The topological polar surface area (TPSA) is 109 Å². The Morgan fingerprint density at radius 3 is 2.61 bits per heavy atom. The van der Waals surface area contributed by atoms with Crippen molar-refractivity contribution in [2.45, 2.75) is 50.1 Å². The minimum absolute atomic E-state index is 0.00640. The molecule has 0 unspecified atom stereocenters. The van der Waals surface area contributed by atoms with E-state index in [2.05, 4.69) is 25.9 Å². The highest BCUT2D eigenvalue weighted by atomic mass is 79.9. The van der Waals surface area contributed by atoms with Crippen LogP contribution >= 0.6 is 39.0 Å². The maximum Gasteiger partial charge on any atom is 0.338 e. The van der Waals surface area contributed by atoms with Gasteiger partial charge >= 0.3 is 5.97 Å². The number of halogens is 1. The van der Waals surface area contributed by atoms with Crippen molar-refractivity contribution in [3.05, 3.63) is 125 Å². The van der Waals surface area contributed by atoms with Crippen LogP contribution in [0.1, 0.15) is 49.4 Å². The van der Waals surface area contributed by atoms with Crippen LogP contribution in [0.4, 0.5) is 0 Å². The first kappa shape index (κ1) is 31.7. The second kappa shape index (κ2) is 13.6. The molecule has 0 amide bonds. The maximum atomic E-state index is 14.2. The van der Waals surface area contributed by atoms with Crippen LogP contribution in [0.2, 0.25) is 0 Å². The van der Waals surface area contributed by atoms with E-state index in [1.54, 1.807) is 29.8 Å². The van der Waals surface area contributed by atoms with Gasteiger partial charge in [-0.25, -0.2) is 19.8 Å². The van der Waals surface area contributed by atoms with Gasteiger partial charge in [0.15, 0.2) is 15.1 Å². The second-order valence-corrected chi connectivity index (χ2v) is 13.3. The Balaban J connectivity index is 1.51. The Morgan fingerprint density at radius 2 is 1.91 bits per heavy atom. The van der Waals surface area contributed by atoms with E-state index in [1.807, 2.05) is 81.4 Å². The molecule has 6 rings (SSSR count). The minimum atomic E-state index is -0.798. The quantitative estimate of drug-likeness (QED) is 0.129. The molecular weight excluding hydrogens is 688 g/mol. The van der Waals surface area contributed by atoms with Crippen molar-refractivity contribution >= 4 is 56.8 Å². The second-order valence-electron chi connectivity index (χ2n) is 10.5. The van der Waals surface area contributed by atoms with Crippen LogP contribution in [0.3, 0.4) is 0 Å². The lowest BCUT2D eigenvalue weighted by atomic mass is 9.93.